The molecule has 98 valence electrons. The van der Waals surface area contributed by atoms with Gasteiger partial charge in [0.2, 0.25) is 0 Å². The number of rotatable bonds is 5. The van der Waals surface area contributed by atoms with Gasteiger partial charge in [-0.15, -0.1) is 0 Å². The normalized spacial score (nSPS) is 16.6. The van der Waals surface area contributed by atoms with Gasteiger partial charge in [0, 0.05) is 12.0 Å². The van der Waals surface area contributed by atoms with Gasteiger partial charge < -0.3 is 9.47 Å². The van der Waals surface area contributed by atoms with Gasteiger partial charge in [-0.1, -0.05) is 24.3 Å². The van der Waals surface area contributed by atoms with Gasteiger partial charge in [0.05, 0.1) is 6.61 Å². The van der Waals surface area contributed by atoms with Crippen molar-refractivity contribution in [3.8, 4) is 11.5 Å². The van der Waals surface area contributed by atoms with Gasteiger partial charge in [-0.2, -0.15) is 0 Å². The Hall–Kier alpha value is -1.44. The van der Waals surface area contributed by atoms with Crippen molar-refractivity contribution in [2.24, 2.45) is 0 Å². The minimum absolute atomic E-state index is 0.104. The summed E-state index contributed by atoms with van der Waals surface area (Å²) in [6.45, 7) is 7.01. The molecule has 0 spiro atoms. The molecule has 0 aromatic heterocycles. The fourth-order valence-corrected chi connectivity index (χ4v) is 2.25. The minimum atomic E-state index is -0.104. The fraction of sp³-hybridized carbons (Fsp3) is 0.500. The molecule has 1 aromatic rings. The highest BCUT2D eigenvalue weighted by Gasteiger charge is 2.32. The van der Waals surface area contributed by atoms with Crippen LogP contribution in [0.5, 0.6) is 11.5 Å². The van der Waals surface area contributed by atoms with E-state index in [1.807, 2.05) is 19.1 Å². The lowest BCUT2D eigenvalue weighted by atomic mass is 10.0. The molecule has 2 rings (SSSR count). The van der Waals surface area contributed by atoms with Gasteiger partial charge in [-0.25, -0.2) is 0 Å². The summed E-state index contributed by atoms with van der Waals surface area (Å²) in [4.78, 5) is 0. The Morgan fingerprint density at radius 1 is 1.39 bits per heavy atom. The van der Waals surface area contributed by atoms with E-state index in [2.05, 4.69) is 32.1 Å². The Kier molecular flexibility index (Phi) is 3.95. The molecule has 0 unspecified atom stereocenters. The van der Waals surface area contributed by atoms with E-state index < -0.39 is 0 Å². The van der Waals surface area contributed by atoms with Crippen LogP contribution in [0.4, 0.5) is 0 Å². The Morgan fingerprint density at radius 3 is 3.00 bits per heavy atom. The topological polar surface area (TPSA) is 18.5 Å². The van der Waals surface area contributed by atoms with Crippen molar-refractivity contribution >= 4 is 0 Å². The second-order valence-corrected chi connectivity index (χ2v) is 5.34. The summed E-state index contributed by atoms with van der Waals surface area (Å²) in [5, 5.41) is 0. The average Bonchev–Trinajstić information content (AvgIpc) is 2.63. The first kappa shape index (κ1) is 13.0. The summed E-state index contributed by atoms with van der Waals surface area (Å²) in [5.41, 5.74) is 1.15. The zero-order valence-electron chi connectivity index (χ0n) is 11.5. The van der Waals surface area contributed by atoms with Crippen LogP contribution in [0.25, 0.3) is 0 Å². The summed E-state index contributed by atoms with van der Waals surface area (Å²) >= 11 is 0. The molecule has 1 heterocycles. The van der Waals surface area contributed by atoms with Crippen molar-refractivity contribution in [1.82, 2.24) is 0 Å². The lowest BCUT2D eigenvalue weighted by Crippen LogP contribution is -2.24. The first-order valence-electron chi connectivity index (χ1n) is 6.67. The molecule has 0 aliphatic carbocycles. The first-order valence-corrected chi connectivity index (χ1v) is 6.67. The number of benzene rings is 1. The molecule has 0 fully saturated rings. The van der Waals surface area contributed by atoms with Crippen LogP contribution in [0.2, 0.25) is 0 Å². The summed E-state index contributed by atoms with van der Waals surface area (Å²) in [6.07, 6.45) is 7.30. The number of hydrogen-bond donors (Lipinski definition) is 0. The SMILES string of the molecule is C/C=C\CCCOc1cccc2c1OC(C)(C)C2. The van der Waals surface area contributed by atoms with Crippen molar-refractivity contribution in [3.05, 3.63) is 35.9 Å². The maximum absolute atomic E-state index is 5.96. The molecule has 0 amide bonds. The van der Waals surface area contributed by atoms with Crippen LogP contribution in [0.1, 0.15) is 39.2 Å². The fourth-order valence-electron chi connectivity index (χ4n) is 2.25. The van der Waals surface area contributed by atoms with E-state index in [0.29, 0.717) is 0 Å². The standard InChI is InChI=1S/C16H22O2/c1-4-5-6-7-11-17-14-10-8-9-13-12-16(2,3)18-15(13)14/h4-5,8-10H,6-7,11-12H2,1-3H3/b5-4-. The average molecular weight is 246 g/mol. The van der Waals surface area contributed by atoms with E-state index in [-0.39, 0.29) is 5.60 Å². The molecule has 0 bridgehead atoms. The van der Waals surface area contributed by atoms with Crippen LogP contribution in [0.3, 0.4) is 0 Å². The van der Waals surface area contributed by atoms with E-state index in [1.54, 1.807) is 0 Å². The second-order valence-electron chi connectivity index (χ2n) is 5.34. The van der Waals surface area contributed by atoms with Crippen molar-refractivity contribution in [3.63, 3.8) is 0 Å². The number of hydrogen-bond acceptors (Lipinski definition) is 2. The van der Waals surface area contributed by atoms with Crippen LogP contribution in [-0.4, -0.2) is 12.2 Å². The Balaban J connectivity index is 1.97. The van der Waals surface area contributed by atoms with Crippen molar-refractivity contribution in [1.29, 1.82) is 0 Å². The quantitative estimate of drug-likeness (QED) is 0.574. The lowest BCUT2D eigenvalue weighted by Gasteiger charge is -2.18. The zero-order chi connectivity index (χ0) is 13.0. The molecule has 0 N–H and O–H groups in total. The molecular formula is C16H22O2. The molecule has 1 aliphatic heterocycles. The van der Waals surface area contributed by atoms with Gasteiger partial charge in [0.1, 0.15) is 5.60 Å². The third-order valence-electron chi connectivity index (χ3n) is 3.06. The van der Waals surface area contributed by atoms with Crippen molar-refractivity contribution < 1.29 is 9.47 Å². The lowest BCUT2D eigenvalue weighted by molar-refractivity contribution is 0.132. The largest absolute Gasteiger partial charge is 0.490 e. The predicted molar refractivity (Wildman–Crippen MR) is 74.4 cm³/mol. The molecule has 2 nitrogen and oxygen atoms in total. The molecule has 0 radical (unpaired) electrons. The molecule has 1 aromatic carbocycles. The minimum Gasteiger partial charge on any atom is -0.490 e. The number of para-hydroxylation sites is 1. The number of fused-ring (bicyclic) bond motifs is 1. The van der Waals surface area contributed by atoms with E-state index in [9.17, 15) is 0 Å². The van der Waals surface area contributed by atoms with Crippen LogP contribution in [0, 0.1) is 0 Å². The third kappa shape index (κ3) is 3.06. The van der Waals surface area contributed by atoms with Crippen LogP contribution in [-0.2, 0) is 6.42 Å². The van der Waals surface area contributed by atoms with E-state index in [1.165, 1.54) is 5.56 Å². The summed E-state index contributed by atoms with van der Waals surface area (Å²) in [5.74, 6) is 1.83. The molecule has 0 saturated heterocycles. The van der Waals surface area contributed by atoms with Crippen LogP contribution in [0.15, 0.2) is 30.4 Å². The smallest absolute Gasteiger partial charge is 0.165 e. The molecule has 2 heteroatoms. The Morgan fingerprint density at radius 2 is 2.22 bits per heavy atom. The van der Waals surface area contributed by atoms with Gasteiger partial charge in [0.25, 0.3) is 0 Å². The monoisotopic (exact) mass is 246 g/mol. The van der Waals surface area contributed by atoms with E-state index in [4.69, 9.17) is 9.47 Å². The van der Waals surface area contributed by atoms with Crippen LogP contribution >= 0.6 is 0 Å². The highest BCUT2D eigenvalue weighted by molar-refractivity contribution is 5.50. The van der Waals surface area contributed by atoms with E-state index in [0.717, 1.165) is 37.4 Å². The number of allylic oxidation sites excluding steroid dienone is 2. The van der Waals surface area contributed by atoms with Crippen molar-refractivity contribution in [2.45, 2.75) is 45.6 Å². The van der Waals surface area contributed by atoms with Gasteiger partial charge >= 0.3 is 0 Å². The third-order valence-corrected chi connectivity index (χ3v) is 3.06. The van der Waals surface area contributed by atoms with E-state index >= 15 is 0 Å². The molecule has 0 atom stereocenters. The number of ether oxygens (including phenoxy) is 2. The second kappa shape index (κ2) is 5.47. The first-order chi connectivity index (χ1) is 8.62. The molecule has 1 aliphatic rings. The summed E-state index contributed by atoms with van der Waals surface area (Å²) in [7, 11) is 0. The Labute approximate surface area is 110 Å². The summed E-state index contributed by atoms with van der Waals surface area (Å²) in [6, 6.07) is 6.16. The molecule has 18 heavy (non-hydrogen) atoms. The zero-order valence-corrected chi connectivity index (χ0v) is 11.5. The van der Waals surface area contributed by atoms with Crippen molar-refractivity contribution in [2.75, 3.05) is 6.61 Å². The molecule has 0 saturated carbocycles. The van der Waals surface area contributed by atoms with Crippen LogP contribution < -0.4 is 9.47 Å². The highest BCUT2D eigenvalue weighted by atomic mass is 16.5. The number of unbranched alkanes of at least 4 members (excludes halogenated alkanes) is 1. The maximum Gasteiger partial charge on any atom is 0.165 e. The summed E-state index contributed by atoms with van der Waals surface area (Å²) < 4.78 is 11.8. The predicted octanol–water partition coefficient (Wildman–Crippen LogP) is 4.14. The van der Waals surface area contributed by atoms with Gasteiger partial charge in [0.15, 0.2) is 11.5 Å². The Bertz CT molecular complexity index is 433. The molecular weight excluding hydrogens is 224 g/mol. The maximum atomic E-state index is 5.96. The van der Waals surface area contributed by atoms with Gasteiger partial charge in [-0.3, -0.25) is 0 Å². The van der Waals surface area contributed by atoms with Gasteiger partial charge in [-0.05, 0) is 39.7 Å². The highest BCUT2D eigenvalue weighted by Crippen LogP contribution is 2.41.